The number of rotatable bonds is 0. The zero-order valence-corrected chi connectivity index (χ0v) is 11.5. The minimum Gasteiger partial charge on any atom is -1.00 e. The number of halogens is 2. The van der Waals surface area contributed by atoms with E-state index in [1.807, 2.05) is 12.1 Å². The molecule has 1 aromatic carbocycles. The second kappa shape index (κ2) is 11.7. The normalized spacial score (nSPS) is 6.75. The third-order valence-corrected chi connectivity index (χ3v) is 0.829. The van der Waals surface area contributed by atoms with Crippen LogP contribution in [-0.4, -0.2) is 3.21 Å². The molecular formula is C9H13Cl2Zr-. The molecule has 1 aromatic rings. The van der Waals surface area contributed by atoms with Crippen LogP contribution in [0.3, 0.4) is 0 Å². The summed E-state index contributed by atoms with van der Waals surface area (Å²) in [7, 11) is 0. The smallest absolute Gasteiger partial charge is 0.0961 e. The molecular weight excluding hydrogens is 270 g/mol. The first-order chi connectivity index (χ1) is 4.63. The Morgan fingerprint density at radius 2 is 1.75 bits per heavy atom. The van der Waals surface area contributed by atoms with Crippen molar-refractivity contribution >= 4 is 3.21 Å². The van der Waals surface area contributed by atoms with Gasteiger partial charge in [-0.15, -0.1) is 0 Å². The Bertz CT molecular complexity index is 176. The van der Waals surface area contributed by atoms with Crippen LogP contribution >= 0.6 is 0 Å². The van der Waals surface area contributed by atoms with Crippen LogP contribution in [0.4, 0.5) is 0 Å². The minimum absolute atomic E-state index is 0. The van der Waals surface area contributed by atoms with Gasteiger partial charge in [0.05, 0.1) is 0 Å². The van der Waals surface area contributed by atoms with E-state index in [1.165, 1.54) is 8.77 Å². The van der Waals surface area contributed by atoms with E-state index in [1.54, 1.807) is 24.2 Å². The third kappa shape index (κ3) is 17.0. The van der Waals surface area contributed by atoms with Crippen LogP contribution in [0.2, 0.25) is 0 Å². The second-order valence-electron chi connectivity index (χ2n) is 2.46. The van der Waals surface area contributed by atoms with E-state index in [9.17, 15) is 0 Å². The maximum atomic E-state index is 2.12. The van der Waals surface area contributed by atoms with E-state index in [0.717, 1.165) is 0 Å². The Morgan fingerprint density at radius 3 is 1.83 bits per heavy atom. The average molecular weight is 283 g/mol. The van der Waals surface area contributed by atoms with Crippen molar-refractivity contribution in [2.75, 3.05) is 0 Å². The molecule has 0 heterocycles. The molecule has 0 spiro atoms. The standard InChI is InChI=1S/C6H7.C3H6.2ClH.Zr/c1-6-4-2-3-5-6;1-3-2;;;/h2-5H,1H3;1-2H3;2*1H;/q-1;;;;+2/p-2. The van der Waals surface area contributed by atoms with Crippen LogP contribution < -0.4 is 24.8 Å². The van der Waals surface area contributed by atoms with Crippen molar-refractivity contribution in [3.05, 3.63) is 29.8 Å². The maximum absolute atomic E-state index is 2.12. The summed E-state index contributed by atoms with van der Waals surface area (Å²) in [6.07, 6.45) is 0. The molecule has 0 aliphatic heterocycles. The van der Waals surface area contributed by atoms with Gasteiger partial charge in [-0.2, -0.15) is 18.2 Å². The largest absolute Gasteiger partial charge is 1.00 e. The first kappa shape index (κ1) is 18.5. The van der Waals surface area contributed by atoms with E-state index < -0.39 is 0 Å². The van der Waals surface area contributed by atoms with E-state index in [4.69, 9.17) is 0 Å². The quantitative estimate of drug-likeness (QED) is 0.433. The monoisotopic (exact) mass is 281 g/mol. The SMILES string of the molecule is C[C](C)=[Zr+2].Cc1cc[cH-]c1.[Cl-].[Cl-]. The van der Waals surface area contributed by atoms with Crippen molar-refractivity contribution in [1.29, 1.82) is 0 Å². The molecule has 0 atom stereocenters. The molecule has 12 heavy (non-hydrogen) atoms. The molecule has 0 amide bonds. The first-order valence-corrected chi connectivity index (χ1v) is 4.56. The van der Waals surface area contributed by atoms with Crippen molar-refractivity contribution in [2.24, 2.45) is 0 Å². The molecule has 3 heteroatoms. The Hall–Kier alpha value is 0.683. The fraction of sp³-hybridized carbons (Fsp3) is 0.333. The second-order valence-corrected chi connectivity index (χ2v) is 4.92. The Kier molecular flexibility index (Phi) is 18.0. The van der Waals surface area contributed by atoms with Crippen molar-refractivity contribution in [3.63, 3.8) is 0 Å². The summed E-state index contributed by atoms with van der Waals surface area (Å²) in [6.45, 7) is 6.33. The van der Waals surface area contributed by atoms with Crippen LogP contribution in [0.5, 0.6) is 0 Å². The summed E-state index contributed by atoms with van der Waals surface area (Å²) in [6, 6.07) is 8.24. The summed E-state index contributed by atoms with van der Waals surface area (Å²) in [4.78, 5) is 0. The predicted octanol–water partition coefficient (Wildman–Crippen LogP) is -3.53. The molecule has 0 nitrogen and oxygen atoms in total. The van der Waals surface area contributed by atoms with Gasteiger partial charge < -0.3 is 24.8 Å². The van der Waals surface area contributed by atoms with Gasteiger partial charge in [0.1, 0.15) is 0 Å². The van der Waals surface area contributed by atoms with Crippen molar-refractivity contribution in [3.8, 4) is 0 Å². The zero-order chi connectivity index (χ0) is 7.98. The van der Waals surface area contributed by atoms with Crippen LogP contribution in [0, 0.1) is 6.92 Å². The fourth-order valence-corrected chi connectivity index (χ4v) is 0.470. The van der Waals surface area contributed by atoms with Gasteiger partial charge in [0, 0.05) is 0 Å². The summed E-state index contributed by atoms with van der Waals surface area (Å²) >= 11 is 1.55. The summed E-state index contributed by atoms with van der Waals surface area (Å²) in [5.41, 5.74) is 1.34. The predicted molar refractivity (Wildman–Crippen MR) is 43.1 cm³/mol. The summed E-state index contributed by atoms with van der Waals surface area (Å²) in [5, 5.41) is 0. The molecule has 0 fully saturated rings. The molecule has 0 radical (unpaired) electrons. The molecule has 0 aliphatic rings. The van der Waals surface area contributed by atoms with E-state index in [0.29, 0.717) is 0 Å². The molecule has 0 saturated heterocycles. The Labute approximate surface area is 102 Å². The first-order valence-electron chi connectivity index (χ1n) is 3.33. The molecule has 1 rings (SSSR count). The van der Waals surface area contributed by atoms with Crippen molar-refractivity contribution in [2.45, 2.75) is 20.8 Å². The topological polar surface area (TPSA) is 0 Å². The van der Waals surface area contributed by atoms with E-state index >= 15 is 0 Å². The van der Waals surface area contributed by atoms with Crippen molar-refractivity contribution < 1.29 is 49.0 Å². The van der Waals surface area contributed by atoms with Gasteiger partial charge in [0.15, 0.2) is 0 Å². The van der Waals surface area contributed by atoms with Crippen LogP contribution in [-0.2, 0) is 24.2 Å². The van der Waals surface area contributed by atoms with Crippen LogP contribution in [0.15, 0.2) is 24.3 Å². The van der Waals surface area contributed by atoms with Gasteiger partial charge in [0.25, 0.3) is 0 Å². The number of hydrogen-bond acceptors (Lipinski definition) is 0. The third-order valence-electron chi connectivity index (χ3n) is 0.829. The molecule has 0 aliphatic carbocycles. The van der Waals surface area contributed by atoms with Gasteiger partial charge >= 0.3 is 41.3 Å². The molecule has 0 unspecified atom stereocenters. The summed E-state index contributed by atoms with van der Waals surface area (Å²) in [5.74, 6) is 0. The van der Waals surface area contributed by atoms with Gasteiger partial charge in [-0.3, -0.25) is 0 Å². The van der Waals surface area contributed by atoms with Crippen LogP contribution in [0.25, 0.3) is 0 Å². The van der Waals surface area contributed by atoms with Gasteiger partial charge in [0.2, 0.25) is 0 Å². The van der Waals surface area contributed by atoms with Gasteiger partial charge in [-0.05, 0) is 0 Å². The average Bonchev–Trinajstić information content (AvgIpc) is 2.15. The molecule has 0 saturated carbocycles. The summed E-state index contributed by atoms with van der Waals surface area (Å²) < 4.78 is 1.51. The number of hydrogen-bond donors (Lipinski definition) is 0. The van der Waals surface area contributed by atoms with Crippen LogP contribution in [0.1, 0.15) is 19.4 Å². The van der Waals surface area contributed by atoms with Crippen molar-refractivity contribution in [1.82, 2.24) is 0 Å². The van der Waals surface area contributed by atoms with E-state index in [-0.39, 0.29) is 24.8 Å². The molecule has 0 bridgehead atoms. The van der Waals surface area contributed by atoms with Gasteiger partial charge in [-0.1, -0.05) is 6.92 Å². The molecule has 68 valence electrons. The molecule has 0 aromatic heterocycles. The zero-order valence-electron chi connectivity index (χ0n) is 7.57. The van der Waals surface area contributed by atoms with Gasteiger partial charge in [-0.25, -0.2) is 11.6 Å². The maximum Gasteiger partial charge on any atom is -0.0961 e. The van der Waals surface area contributed by atoms with E-state index in [2.05, 4.69) is 32.9 Å². The Balaban J connectivity index is -0.000000124. The Morgan fingerprint density at radius 1 is 1.33 bits per heavy atom. The fourth-order valence-electron chi connectivity index (χ4n) is 0.470. The molecule has 0 N–H and O–H groups in total. The minimum atomic E-state index is 0. The number of aryl methyl sites for hydroxylation is 1.